The molecule has 1 saturated carbocycles. The molecule has 0 radical (unpaired) electrons. The molecule has 0 spiro atoms. The average molecular weight is 373 g/mol. The maximum absolute atomic E-state index is 12.9. The highest BCUT2D eigenvalue weighted by Crippen LogP contribution is 2.30. The van der Waals surface area contributed by atoms with Crippen LogP contribution in [-0.2, 0) is 14.3 Å². The Bertz CT molecular complexity index is 832. The predicted molar refractivity (Wildman–Crippen MR) is 94.2 cm³/mol. The van der Waals surface area contributed by atoms with Crippen LogP contribution in [-0.4, -0.2) is 40.1 Å². The number of esters is 2. The Kier molecular flexibility index (Phi) is 5.95. The highest BCUT2D eigenvalue weighted by atomic mass is 19.1. The molecular weight excluding hydrogens is 353 g/mol. The van der Waals surface area contributed by atoms with Crippen molar-refractivity contribution in [1.29, 1.82) is 0 Å². The third-order valence-electron chi connectivity index (χ3n) is 4.46. The lowest BCUT2D eigenvalue weighted by Gasteiger charge is -2.30. The zero-order chi connectivity index (χ0) is 19.2. The first-order valence-electron chi connectivity index (χ1n) is 8.71. The molecule has 0 bridgehead atoms. The topological polar surface area (TPSA) is 83.3 Å². The first-order chi connectivity index (χ1) is 13.1. The number of carbonyl (C=O) groups excluding carboxylic acids is 2. The van der Waals surface area contributed by atoms with Crippen LogP contribution in [0.3, 0.4) is 0 Å². The van der Waals surface area contributed by atoms with Crippen molar-refractivity contribution in [1.82, 2.24) is 15.0 Å². The van der Waals surface area contributed by atoms with Crippen molar-refractivity contribution >= 4 is 18.0 Å². The summed E-state index contributed by atoms with van der Waals surface area (Å²) in [6.45, 7) is 0. The van der Waals surface area contributed by atoms with E-state index in [1.54, 1.807) is 22.9 Å². The maximum atomic E-state index is 12.9. The van der Waals surface area contributed by atoms with Gasteiger partial charge in [-0.3, -0.25) is 0 Å². The Hall–Kier alpha value is -3.03. The lowest BCUT2D eigenvalue weighted by molar-refractivity contribution is -0.147. The van der Waals surface area contributed by atoms with Crippen molar-refractivity contribution in [3.8, 4) is 0 Å². The van der Waals surface area contributed by atoms with Crippen LogP contribution in [0, 0.1) is 5.82 Å². The van der Waals surface area contributed by atoms with E-state index in [0.717, 1.165) is 19.3 Å². The molecular formula is C19H20FN3O4. The van der Waals surface area contributed by atoms with Gasteiger partial charge in [0.1, 0.15) is 11.9 Å². The maximum Gasteiger partial charge on any atom is 0.360 e. The van der Waals surface area contributed by atoms with Crippen LogP contribution in [0.4, 0.5) is 4.39 Å². The van der Waals surface area contributed by atoms with E-state index in [1.807, 2.05) is 0 Å². The zero-order valence-corrected chi connectivity index (χ0v) is 14.9. The van der Waals surface area contributed by atoms with Gasteiger partial charge in [-0.05, 0) is 43.0 Å². The van der Waals surface area contributed by atoms with Gasteiger partial charge in [0, 0.05) is 6.08 Å². The highest BCUT2D eigenvalue weighted by Gasteiger charge is 2.31. The Balaban J connectivity index is 1.66. The molecule has 2 aromatic rings. The van der Waals surface area contributed by atoms with Crippen molar-refractivity contribution in [3.05, 3.63) is 53.6 Å². The number of halogens is 1. The summed E-state index contributed by atoms with van der Waals surface area (Å²) in [5.41, 5.74) is 0.817. The molecule has 1 heterocycles. The number of hydrogen-bond donors (Lipinski definition) is 0. The van der Waals surface area contributed by atoms with E-state index in [-0.39, 0.29) is 23.7 Å². The number of ether oxygens (including phenoxy) is 2. The highest BCUT2D eigenvalue weighted by molar-refractivity contribution is 5.87. The van der Waals surface area contributed by atoms with Gasteiger partial charge < -0.3 is 9.47 Å². The van der Waals surface area contributed by atoms with E-state index in [1.165, 1.54) is 31.5 Å². The minimum Gasteiger partial charge on any atom is -0.464 e. The summed E-state index contributed by atoms with van der Waals surface area (Å²) in [6.07, 6.45) is 7.42. The summed E-state index contributed by atoms with van der Waals surface area (Å²) in [5, 5.41) is 7.80. The minimum absolute atomic E-state index is 0.115. The van der Waals surface area contributed by atoms with Gasteiger partial charge in [-0.1, -0.05) is 23.8 Å². The molecule has 1 aromatic carbocycles. The standard InChI is InChI=1S/C19H20FN3O4/c1-26-19(25)15-12-23(22-21-15)16-4-2-3-5-17(16)27-18(24)11-8-13-6-9-14(20)10-7-13/h6-12,16-17H,2-5H2,1H3. The summed E-state index contributed by atoms with van der Waals surface area (Å²) in [7, 11) is 1.28. The molecule has 0 N–H and O–H groups in total. The van der Waals surface area contributed by atoms with Gasteiger partial charge in [0.2, 0.25) is 0 Å². The molecule has 1 aliphatic rings. The lowest BCUT2D eigenvalue weighted by atomic mass is 9.92. The molecule has 1 aliphatic carbocycles. The Morgan fingerprint density at radius 1 is 1.22 bits per heavy atom. The van der Waals surface area contributed by atoms with E-state index < -0.39 is 11.9 Å². The van der Waals surface area contributed by atoms with Crippen LogP contribution in [0.2, 0.25) is 0 Å². The lowest BCUT2D eigenvalue weighted by Crippen LogP contribution is -2.32. The van der Waals surface area contributed by atoms with Gasteiger partial charge in [-0.2, -0.15) is 0 Å². The van der Waals surface area contributed by atoms with Crippen molar-refractivity contribution < 1.29 is 23.5 Å². The Morgan fingerprint density at radius 2 is 1.96 bits per heavy atom. The first-order valence-corrected chi connectivity index (χ1v) is 8.71. The van der Waals surface area contributed by atoms with Crippen LogP contribution >= 0.6 is 0 Å². The smallest absolute Gasteiger partial charge is 0.360 e. The van der Waals surface area contributed by atoms with Crippen LogP contribution < -0.4 is 0 Å². The van der Waals surface area contributed by atoms with E-state index in [0.29, 0.717) is 12.0 Å². The summed E-state index contributed by atoms with van der Waals surface area (Å²) < 4.78 is 24.7. The quantitative estimate of drug-likeness (QED) is 0.592. The van der Waals surface area contributed by atoms with Crippen LogP contribution in [0.1, 0.15) is 47.8 Å². The van der Waals surface area contributed by atoms with Crippen molar-refractivity contribution in [3.63, 3.8) is 0 Å². The largest absolute Gasteiger partial charge is 0.464 e. The normalized spacial score (nSPS) is 19.8. The minimum atomic E-state index is -0.562. The van der Waals surface area contributed by atoms with Crippen LogP contribution in [0.5, 0.6) is 0 Å². The first kappa shape index (κ1) is 18.8. The molecule has 0 amide bonds. The van der Waals surface area contributed by atoms with Gasteiger partial charge >= 0.3 is 11.9 Å². The number of carbonyl (C=O) groups is 2. The second-order valence-electron chi connectivity index (χ2n) is 6.29. The van der Waals surface area contributed by atoms with E-state index in [4.69, 9.17) is 4.74 Å². The van der Waals surface area contributed by atoms with Crippen LogP contribution in [0.25, 0.3) is 6.08 Å². The summed E-state index contributed by atoms with van der Waals surface area (Å²) >= 11 is 0. The number of hydrogen-bond acceptors (Lipinski definition) is 6. The van der Waals surface area contributed by atoms with Gasteiger partial charge in [0.05, 0.1) is 19.3 Å². The molecule has 2 unspecified atom stereocenters. The van der Waals surface area contributed by atoms with Crippen molar-refractivity contribution in [2.75, 3.05) is 7.11 Å². The summed E-state index contributed by atoms with van der Waals surface area (Å²) in [4.78, 5) is 23.7. The summed E-state index contributed by atoms with van der Waals surface area (Å²) in [6, 6.07) is 5.61. The van der Waals surface area contributed by atoms with Gasteiger partial charge in [0.25, 0.3) is 0 Å². The van der Waals surface area contributed by atoms with Gasteiger partial charge in [-0.15, -0.1) is 5.10 Å². The monoisotopic (exact) mass is 373 g/mol. The second-order valence-corrected chi connectivity index (χ2v) is 6.29. The third kappa shape index (κ3) is 4.78. The summed E-state index contributed by atoms with van der Waals surface area (Å²) in [5.74, 6) is -1.38. The molecule has 0 aliphatic heterocycles. The van der Waals surface area contributed by atoms with Crippen molar-refractivity contribution in [2.45, 2.75) is 37.8 Å². The second kappa shape index (κ2) is 8.57. The van der Waals surface area contributed by atoms with E-state index >= 15 is 0 Å². The Labute approximate surface area is 155 Å². The number of rotatable bonds is 5. The number of aromatic nitrogens is 3. The SMILES string of the molecule is COC(=O)c1cn(C2CCCCC2OC(=O)C=Cc2ccc(F)cc2)nn1. The van der Waals surface area contributed by atoms with E-state index in [9.17, 15) is 14.0 Å². The zero-order valence-electron chi connectivity index (χ0n) is 14.9. The average Bonchev–Trinajstić information content (AvgIpc) is 3.17. The molecule has 3 rings (SSSR count). The van der Waals surface area contributed by atoms with Crippen molar-refractivity contribution in [2.24, 2.45) is 0 Å². The number of nitrogens with zero attached hydrogens (tertiary/aromatic N) is 3. The molecule has 7 nitrogen and oxygen atoms in total. The fraction of sp³-hybridized carbons (Fsp3) is 0.368. The van der Waals surface area contributed by atoms with Gasteiger partial charge in [-0.25, -0.2) is 18.7 Å². The fourth-order valence-electron chi connectivity index (χ4n) is 3.08. The molecule has 142 valence electrons. The number of methoxy groups -OCH3 is 1. The molecule has 1 aromatic heterocycles. The molecule has 2 atom stereocenters. The third-order valence-corrected chi connectivity index (χ3v) is 4.46. The van der Waals surface area contributed by atoms with Crippen LogP contribution in [0.15, 0.2) is 36.5 Å². The Morgan fingerprint density at radius 3 is 2.70 bits per heavy atom. The molecule has 8 heteroatoms. The predicted octanol–water partition coefficient (Wildman–Crippen LogP) is 2.94. The number of benzene rings is 1. The molecule has 0 saturated heterocycles. The molecule has 27 heavy (non-hydrogen) atoms. The fourth-order valence-corrected chi connectivity index (χ4v) is 3.08. The van der Waals surface area contributed by atoms with Gasteiger partial charge in [0.15, 0.2) is 5.69 Å². The molecule has 1 fully saturated rings. The van der Waals surface area contributed by atoms with E-state index in [2.05, 4.69) is 15.0 Å².